The van der Waals surface area contributed by atoms with Gasteiger partial charge in [-0.15, -0.1) is 0 Å². The van der Waals surface area contributed by atoms with E-state index in [1.54, 1.807) is 0 Å². The van der Waals surface area contributed by atoms with Crippen LogP contribution in [0.3, 0.4) is 0 Å². The van der Waals surface area contributed by atoms with Crippen molar-refractivity contribution in [2.45, 2.75) is 45.6 Å². The molecule has 0 amide bonds. The molecule has 2 aliphatic carbocycles. The van der Waals surface area contributed by atoms with Gasteiger partial charge in [0.2, 0.25) is 0 Å². The second-order valence-corrected chi connectivity index (χ2v) is 8.13. The number of ether oxygens (including phenoxy) is 1. The Morgan fingerprint density at radius 1 is 1.29 bits per heavy atom. The Kier molecular flexibility index (Phi) is 3.89. The number of rotatable bonds is 4. The molecule has 3 rings (SSSR count). The van der Waals surface area contributed by atoms with Crippen LogP contribution in [0.1, 0.15) is 40.0 Å². The number of aliphatic hydroxyl groups is 1. The Labute approximate surface area is 129 Å². The molecule has 1 heterocycles. The highest BCUT2D eigenvalue weighted by molar-refractivity contribution is 5.23. The van der Waals surface area contributed by atoms with Crippen molar-refractivity contribution in [1.82, 2.24) is 4.90 Å². The van der Waals surface area contributed by atoms with Gasteiger partial charge in [-0.2, -0.15) is 0 Å². The summed E-state index contributed by atoms with van der Waals surface area (Å²) >= 11 is 0. The molecule has 3 fully saturated rings. The van der Waals surface area contributed by atoms with Gasteiger partial charge < -0.3 is 15.6 Å². The lowest BCUT2D eigenvalue weighted by atomic mass is 9.57. The first-order valence-electron chi connectivity index (χ1n) is 8.58. The fraction of sp³-hybridized carbons (Fsp3) is 1.00. The van der Waals surface area contributed by atoms with Gasteiger partial charge in [0.25, 0.3) is 0 Å². The summed E-state index contributed by atoms with van der Waals surface area (Å²) in [4.78, 5) is 2.63. The third-order valence-corrected chi connectivity index (χ3v) is 7.70. The highest BCUT2D eigenvalue weighted by Gasteiger charge is 2.71. The summed E-state index contributed by atoms with van der Waals surface area (Å²) in [6.45, 7) is 11.7. The zero-order chi connectivity index (χ0) is 15.3. The normalized spacial score (nSPS) is 44.1. The van der Waals surface area contributed by atoms with E-state index in [9.17, 15) is 5.11 Å². The van der Waals surface area contributed by atoms with Gasteiger partial charge in [0.05, 0.1) is 13.2 Å². The molecule has 0 aromatic rings. The Hall–Kier alpha value is -0.160. The van der Waals surface area contributed by atoms with E-state index in [4.69, 9.17) is 10.5 Å². The number of morpholine rings is 1. The standard InChI is InChI=1S/C17H32N2O2/c1-15(2)13-4-5-16(15,3)17(10-13,14(11-18)12-20)19-6-8-21-9-7-19/h13-14,20H,4-12,18H2,1-3H3/t13-,14+,16+,17-/m1/s1. The van der Waals surface area contributed by atoms with E-state index >= 15 is 0 Å². The predicted molar refractivity (Wildman–Crippen MR) is 84.0 cm³/mol. The fourth-order valence-corrected chi connectivity index (χ4v) is 6.07. The summed E-state index contributed by atoms with van der Waals surface area (Å²) in [7, 11) is 0. The first kappa shape index (κ1) is 15.7. The first-order chi connectivity index (χ1) is 9.94. The summed E-state index contributed by atoms with van der Waals surface area (Å²) in [5, 5.41) is 10.1. The molecular weight excluding hydrogens is 264 g/mol. The maximum Gasteiger partial charge on any atom is 0.0594 e. The molecule has 2 bridgehead atoms. The zero-order valence-electron chi connectivity index (χ0n) is 13.9. The second kappa shape index (κ2) is 5.19. The van der Waals surface area contributed by atoms with Crippen molar-refractivity contribution in [2.75, 3.05) is 39.5 Å². The van der Waals surface area contributed by atoms with Crippen molar-refractivity contribution < 1.29 is 9.84 Å². The molecule has 0 spiro atoms. The van der Waals surface area contributed by atoms with Crippen LogP contribution in [0.2, 0.25) is 0 Å². The molecule has 0 aromatic carbocycles. The van der Waals surface area contributed by atoms with Gasteiger partial charge in [-0.25, -0.2) is 0 Å². The Balaban J connectivity index is 2.06. The third-order valence-electron chi connectivity index (χ3n) is 7.70. The van der Waals surface area contributed by atoms with E-state index in [0.717, 1.165) is 32.2 Å². The number of nitrogens with zero attached hydrogens (tertiary/aromatic N) is 1. The molecule has 0 unspecified atom stereocenters. The number of fused-ring (bicyclic) bond motifs is 2. The molecule has 0 radical (unpaired) electrons. The lowest BCUT2D eigenvalue weighted by molar-refractivity contribution is -0.125. The summed E-state index contributed by atoms with van der Waals surface area (Å²) in [6, 6.07) is 0. The van der Waals surface area contributed by atoms with Gasteiger partial charge in [-0.05, 0) is 42.6 Å². The molecule has 3 N–H and O–H groups in total. The fourth-order valence-electron chi connectivity index (χ4n) is 6.07. The Bertz CT molecular complexity index is 390. The van der Waals surface area contributed by atoms with E-state index in [0.29, 0.717) is 12.0 Å². The quantitative estimate of drug-likeness (QED) is 0.825. The lowest BCUT2D eigenvalue weighted by Crippen LogP contribution is -2.67. The van der Waals surface area contributed by atoms with E-state index in [2.05, 4.69) is 25.7 Å². The highest BCUT2D eigenvalue weighted by atomic mass is 16.5. The van der Waals surface area contributed by atoms with Crippen molar-refractivity contribution in [3.05, 3.63) is 0 Å². The van der Waals surface area contributed by atoms with E-state index in [-0.39, 0.29) is 23.5 Å². The maximum absolute atomic E-state index is 10.1. The number of hydrogen-bond acceptors (Lipinski definition) is 4. The lowest BCUT2D eigenvalue weighted by Gasteiger charge is -2.59. The predicted octanol–water partition coefficient (Wildman–Crippen LogP) is 1.47. The average Bonchev–Trinajstić information content (AvgIpc) is 2.81. The van der Waals surface area contributed by atoms with Crippen LogP contribution < -0.4 is 5.73 Å². The van der Waals surface area contributed by atoms with E-state index in [1.165, 1.54) is 19.3 Å². The molecule has 4 nitrogen and oxygen atoms in total. The summed E-state index contributed by atoms with van der Waals surface area (Å²) in [5.74, 6) is 0.927. The van der Waals surface area contributed by atoms with Crippen molar-refractivity contribution in [3.63, 3.8) is 0 Å². The zero-order valence-corrected chi connectivity index (χ0v) is 13.9. The van der Waals surface area contributed by atoms with Gasteiger partial charge in [0, 0.05) is 31.2 Å². The highest BCUT2D eigenvalue weighted by Crippen LogP contribution is 2.72. The van der Waals surface area contributed by atoms with Crippen LogP contribution in [0, 0.1) is 22.7 Å². The molecule has 4 heteroatoms. The Morgan fingerprint density at radius 2 is 1.95 bits per heavy atom. The topological polar surface area (TPSA) is 58.7 Å². The van der Waals surface area contributed by atoms with Gasteiger partial charge in [0.15, 0.2) is 0 Å². The van der Waals surface area contributed by atoms with Crippen LogP contribution in [0.15, 0.2) is 0 Å². The summed E-state index contributed by atoms with van der Waals surface area (Å²) in [5.41, 5.74) is 6.72. The average molecular weight is 296 g/mol. The molecule has 1 saturated heterocycles. The van der Waals surface area contributed by atoms with Gasteiger partial charge in [-0.1, -0.05) is 20.8 Å². The molecule has 21 heavy (non-hydrogen) atoms. The van der Waals surface area contributed by atoms with Crippen molar-refractivity contribution in [1.29, 1.82) is 0 Å². The minimum Gasteiger partial charge on any atom is -0.396 e. The van der Waals surface area contributed by atoms with E-state index in [1.807, 2.05) is 0 Å². The minimum atomic E-state index is 0.0483. The van der Waals surface area contributed by atoms with Crippen LogP contribution in [0.4, 0.5) is 0 Å². The van der Waals surface area contributed by atoms with Crippen LogP contribution in [0.25, 0.3) is 0 Å². The van der Waals surface area contributed by atoms with Crippen molar-refractivity contribution in [2.24, 2.45) is 28.4 Å². The second-order valence-electron chi connectivity index (χ2n) is 8.13. The van der Waals surface area contributed by atoms with Crippen molar-refractivity contribution in [3.8, 4) is 0 Å². The molecule has 122 valence electrons. The van der Waals surface area contributed by atoms with Crippen LogP contribution in [-0.2, 0) is 4.74 Å². The SMILES string of the molecule is CC1(C)[C@@H]2CC[C@]1(C)[C@@]([C@@H](CN)CO)(N1CCOCC1)C2. The monoisotopic (exact) mass is 296 g/mol. The smallest absolute Gasteiger partial charge is 0.0594 e. The molecule has 3 aliphatic rings. The number of hydrogen-bond donors (Lipinski definition) is 2. The van der Waals surface area contributed by atoms with Gasteiger partial charge >= 0.3 is 0 Å². The molecule has 1 aliphatic heterocycles. The van der Waals surface area contributed by atoms with Crippen LogP contribution in [-0.4, -0.2) is 55.0 Å². The first-order valence-corrected chi connectivity index (χ1v) is 8.58. The maximum atomic E-state index is 10.1. The van der Waals surface area contributed by atoms with E-state index < -0.39 is 0 Å². The van der Waals surface area contributed by atoms with Gasteiger partial charge in [-0.3, -0.25) is 4.90 Å². The Morgan fingerprint density at radius 3 is 2.38 bits per heavy atom. The third kappa shape index (κ3) is 1.82. The molecule has 0 aromatic heterocycles. The molecule has 4 atom stereocenters. The molecular formula is C17H32N2O2. The summed E-state index contributed by atoms with van der Waals surface area (Å²) in [6.07, 6.45) is 3.79. The largest absolute Gasteiger partial charge is 0.396 e. The number of nitrogens with two attached hydrogens (primary N) is 1. The molecule has 2 saturated carbocycles. The van der Waals surface area contributed by atoms with Crippen LogP contribution in [0.5, 0.6) is 0 Å². The van der Waals surface area contributed by atoms with Crippen LogP contribution >= 0.6 is 0 Å². The number of aliphatic hydroxyl groups excluding tert-OH is 1. The minimum absolute atomic E-state index is 0.0483. The summed E-state index contributed by atoms with van der Waals surface area (Å²) < 4.78 is 5.58. The van der Waals surface area contributed by atoms with Crippen molar-refractivity contribution >= 4 is 0 Å². The van der Waals surface area contributed by atoms with Gasteiger partial charge in [0.1, 0.15) is 0 Å².